The number of aromatic nitrogens is 3. The second-order valence-electron chi connectivity index (χ2n) is 5.28. The van der Waals surface area contributed by atoms with Crippen molar-refractivity contribution in [2.45, 2.75) is 6.92 Å². The van der Waals surface area contributed by atoms with Crippen LogP contribution < -0.4 is 0 Å². The summed E-state index contributed by atoms with van der Waals surface area (Å²) in [5.41, 5.74) is 5.72. The van der Waals surface area contributed by atoms with Gasteiger partial charge in [0.2, 0.25) is 0 Å². The Morgan fingerprint density at radius 2 is 1.95 bits per heavy atom. The van der Waals surface area contributed by atoms with Crippen LogP contribution in [-0.2, 0) is 7.05 Å². The molecule has 0 spiro atoms. The topological polar surface area (TPSA) is 33.6 Å². The molecule has 0 saturated heterocycles. The second kappa shape index (κ2) is 3.97. The molecule has 3 nitrogen and oxygen atoms in total. The minimum atomic E-state index is 0.933. The van der Waals surface area contributed by atoms with Crippen LogP contribution in [0.3, 0.4) is 0 Å². The van der Waals surface area contributed by atoms with Crippen molar-refractivity contribution in [3.63, 3.8) is 0 Å². The van der Waals surface area contributed by atoms with E-state index in [2.05, 4.69) is 72.2 Å². The highest BCUT2D eigenvalue weighted by atomic mass is 15.0. The number of rotatable bonds is 1. The lowest BCUT2D eigenvalue weighted by molar-refractivity contribution is 0.969. The van der Waals surface area contributed by atoms with Gasteiger partial charge in [0.15, 0.2) is 0 Å². The Hall–Kier alpha value is -2.55. The van der Waals surface area contributed by atoms with Crippen LogP contribution in [0.15, 0.2) is 48.7 Å². The Bertz CT molecular complexity index is 928. The fourth-order valence-corrected chi connectivity index (χ4v) is 2.78. The third kappa shape index (κ3) is 1.56. The van der Waals surface area contributed by atoms with Crippen LogP contribution in [0.2, 0.25) is 0 Å². The molecule has 0 atom stereocenters. The lowest BCUT2D eigenvalue weighted by Gasteiger charge is -1.94. The van der Waals surface area contributed by atoms with Crippen LogP contribution in [0, 0.1) is 6.92 Å². The van der Waals surface area contributed by atoms with E-state index < -0.39 is 0 Å². The van der Waals surface area contributed by atoms with Crippen molar-refractivity contribution < 1.29 is 0 Å². The number of imidazole rings is 1. The second-order valence-corrected chi connectivity index (χ2v) is 5.28. The van der Waals surface area contributed by atoms with Crippen molar-refractivity contribution in [3.8, 4) is 11.4 Å². The largest absolute Gasteiger partial charge is 0.350 e. The molecule has 0 saturated carbocycles. The molecule has 0 radical (unpaired) electrons. The van der Waals surface area contributed by atoms with E-state index in [0.717, 1.165) is 22.4 Å². The number of aromatic amines is 1. The summed E-state index contributed by atoms with van der Waals surface area (Å²) in [6.45, 7) is 2.10. The zero-order valence-corrected chi connectivity index (χ0v) is 11.5. The van der Waals surface area contributed by atoms with Crippen molar-refractivity contribution >= 4 is 21.9 Å². The molecule has 98 valence electrons. The van der Waals surface area contributed by atoms with Gasteiger partial charge in [-0.2, -0.15) is 0 Å². The Morgan fingerprint density at radius 3 is 2.85 bits per heavy atom. The summed E-state index contributed by atoms with van der Waals surface area (Å²) in [6.07, 6.45) is 2.13. The first-order valence-corrected chi connectivity index (χ1v) is 6.73. The third-order valence-corrected chi connectivity index (χ3v) is 3.79. The zero-order valence-electron chi connectivity index (χ0n) is 11.5. The first-order chi connectivity index (χ1) is 9.72. The summed E-state index contributed by atoms with van der Waals surface area (Å²) in [4.78, 5) is 8.15. The predicted octanol–water partition coefficient (Wildman–Crippen LogP) is 4.03. The molecule has 0 unspecified atom stereocenters. The number of fused-ring (bicyclic) bond motifs is 2. The highest BCUT2D eigenvalue weighted by molar-refractivity contribution is 5.96. The molecule has 0 bridgehead atoms. The van der Waals surface area contributed by atoms with Crippen LogP contribution in [-0.4, -0.2) is 14.5 Å². The smallest absolute Gasteiger partial charge is 0.140 e. The van der Waals surface area contributed by atoms with Gasteiger partial charge in [0.25, 0.3) is 0 Å². The number of para-hydroxylation sites is 1. The van der Waals surface area contributed by atoms with E-state index in [4.69, 9.17) is 4.98 Å². The summed E-state index contributed by atoms with van der Waals surface area (Å²) in [7, 11) is 2.07. The summed E-state index contributed by atoms with van der Waals surface area (Å²) >= 11 is 0. The molecule has 2 aromatic heterocycles. The lowest BCUT2D eigenvalue weighted by atomic mass is 10.2. The minimum Gasteiger partial charge on any atom is -0.350 e. The maximum absolute atomic E-state index is 4.72. The highest BCUT2D eigenvalue weighted by Gasteiger charge is 2.11. The maximum Gasteiger partial charge on any atom is 0.140 e. The van der Waals surface area contributed by atoms with Crippen molar-refractivity contribution in [1.82, 2.24) is 14.5 Å². The molecule has 2 heterocycles. The molecule has 4 rings (SSSR count). The molecular formula is C17H15N3. The predicted molar refractivity (Wildman–Crippen MR) is 82.7 cm³/mol. The van der Waals surface area contributed by atoms with Crippen LogP contribution in [0.4, 0.5) is 0 Å². The molecule has 0 aliphatic heterocycles. The van der Waals surface area contributed by atoms with E-state index in [1.165, 1.54) is 16.5 Å². The van der Waals surface area contributed by atoms with E-state index in [1.54, 1.807) is 0 Å². The first kappa shape index (κ1) is 11.3. The maximum atomic E-state index is 4.72. The summed E-state index contributed by atoms with van der Waals surface area (Å²) in [5, 5.41) is 1.23. The summed E-state index contributed by atoms with van der Waals surface area (Å²) in [6, 6.07) is 14.7. The molecule has 4 aromatic rings. The number of hydrogen-bond donors (Lipinski definition) is 1. The molecule has 1 N–H and O–H groups in total. The third-order valence-electron chi connectivity index (χ3n) is 3.79. The molecule has 0 aliphatic rings. The van der Waals surface area contributed by atoms with Gasteiger partial charge >= 0.3 is 0 Å². The standard InChI is InChI=1S/C17H15N3/c1-11-7-8-14-15(9-11)19-17(18-14)13-10-20(2)16-6-4-3-5-12(13)16/h3-10H,1-2H3,(H,18,19). The van der Waals surface area contributed by atoms with Crippen molar-refractivity contribution in [3.05, 3.63) is 54.2 Å². The number of aryl methyl sites for hydroxylation is 2. The van der Waals surface area contributed by atoms with E-state index in [1.807, 2.05) is 0 Å². The van der Waals surface area contributed by atoms with Gasteiger partial charge in [-0.3, -0.25) is 0 Å². The molecule has 2 aromatic carbocycles. The van der Waals surface area contributed by atoms with Gasteiger partial charge in [0.1, 0.15) is 5.82 Å². The quantitative estimate of drug-likeness (QED) is 0.551. The molecule has 3 heteroatoms. The Balaban J connectivity index is 2.01. The Morgan fingerprint density at radius 1 is 1.10 bits per heavy atom. The monoisotopic (exact) mass is 261 g/mol. The molecule has 0 amide bonds. The molecule has 0 aliphatic carbocycles. The van der Waals surface area contributed by atoms with Crippen LogP contribution >= 0.6 is 0 Å². The number of nitrogens with zero attached hydrogens (tertiary/aromatic N) is 2. The molecule has 0 fully saturated rings. The molecular weight excluding hydrogens is 246 g/mol. The van der Waals surface area contributed by atoms with Gasteiger partial charge in [-0.15, -0.1) is 0 Å². The number of nitrogens with one attached hydrogen (secondary N) is 1. The minimum absolute atomic E-state index is 0.933. The zero-order chi connectivity index (χ0) is 13.7. The van der Waals surface area contributed by atoms with Crippen molar-refractivity contribution in [2.75, 3.05) is 0 Å². The van der Waals surface area contributed by atoms with Crippen LogP contribution in [0.5, 0.6) is 0 Å². The summed E-state index contributed by atoms with van der Waals surface area (Å²) < 4.78 is 2.14. The lowest BCUT2D eigenvalue weighted by Crippen LogP contribution is -1.81. The number of H-pyrrole nitrogens is 1. The first-order valence-electron chi connectivity index (χ1n) is 6.73. The SMILES string of the molecule is Cc1ccc2nc(-c3cn(C)c4ccccc34)[nH]c2c1. The van der Waals surface area contributed by atoms with Gasteiger partial charge in [0, 0.05) is 29.7 Å². The number of hydrogen-bond acceptors (Lipinski definition) is 1. The Labute approximate surface area is 116 Å². The summed E-state index contributed by atoms with van der Waals surface area (Å²) in [5.74, 6) is 0.933. The highest BCUT2D eigenvalue weighted by Crippen LogP contribution is 2.29. The van der Waals surface area contributed by atoms with E-state index >= 15 is 0 Å². The van der Waals surface area contributed by atoms with Gasteiger partial charge in [0.05, 0.1) is 11.0 Å². The Kier molecular flexibility index (Phi) is 2.24. The van der Waals surface area contributed by atoms with E-state index in [9.17, 15) is 0 Å². The van der Waals surface area contributed by atoms with Crippen molar-refractivity contribution in [1.29, 1.82) is 0 Å². The average molecular weight is 261 g/mol. The fraction of sp³-hybridized carbons (Fsp3) is 0.118. The van der Waals surface area contributed by atoms with Crippen LogP contribution in [0.25, 0.3) is 33.3 Å². The normalized spacial score (nSPS) is 11.5. The molecule has 20 heavy (non-hydrogen) atoms. The average Bonchev–Trinajstić information content (AvgIpc) is 3.00. The van der Waals surface area contributed by atoms with Gasteiger partial charge in [-0.25, -0.2) is 4.98 Å². The van der Waals surface area contributed by atoms with E-state index in [-0.39, 0.29) is 0 Å². The van der Waals surface area contributed by atoms with Crippen molar-refractivity contribution in [2.24, 2.45) is 7.05 Å². The van der Waals surface area contributed by atoms with E-state index in [0.29, 0.717) is 0 Å². The van der Waals surface area contributed by atoms with Gasteiger partial charge in [-0.1, -0.05) is 24.3 Å². The van der Waals surface area contributed by atoms with Gasteiger partial charge in [-0.05, 0) is 30.7 Å². The number of benzene rings is 2. The van der Waals surface area contributed by atoms with Crippen LogP contribution in [0.1, 0.15) is 5.56 Å². The van der Waals surface area contributed by atoms with Gasteiger partial charge < -0.3 is 9.55 Å². The fourth-order valence-electron chi connectivity index (χ4n) is 2.78.